The van der Waals surface area contributed by atoms with Gasteiger partial charge in [0, 0.05) is 34.1 Å². The van der Waals surface area contributed by atoms with E-state index in [1.54, 1.807) is 0 Å². The van der Waals surface area contributed by atoms with Crippen LogP contribution >= 0.6 is 23.4 Å². The zero-order valence-electron chi connectivity index (χ0n) is 16.4. The Morgan fingerprint density at radius 2 is 1.83 bits per heavy atom. The molecule has 0 amide bonds. The molecule has 0 saturated heterocycles. The Kier molecular flexibility index (Phi) is 9.02. The summed E-state index contributed by atoms with van der Waals surface area (Å²) in [6.07, 6.45) is 7.95. The van der Waals surface area contributed by atoms with Crippen molar-refractivity contribution in [3.63, 3.8) is 0 Å². The number of rotatable bonds is 7. The van der Waals surface area contributed by atoms with Gasteiger partial charge in [-0.3, -0.25) is 0 Å². The summed E-state index contributed by atoms with van der Waals surface area (Å²) in [6.45, 7) is 5.36. The molecule has 0 aliphatic heterocycles. The van der Waals surface area contributed by atoms with E-state index in [1.807, 2.05) is 42.6 Å². The van der Waals surface area contributed by atoms with Crippen LogP contribution in [0, 0.1) is 24.0 Å². The van der Waals surface area contributed by atoms with E-state index in [4.69, 9.17) is 26.9 Å². The highest BCUT2D eigenvalue weighted by Crippen LogP contribution is 2.33. The molecule has 6 nitrogen and oxygen atoms in total. The molecule has 154 valence electrons. The van der Waals surface area contributed by atoms with Crippen LogP contribution in [0.25, 0.3) is 0 Å². The Bertz CT molecular complexity index is 878. The van der Waals surface area contributed by atoms with Crippen molar-refractivity contribution in [2.75, 3.05) is 0 Å². The molecule has 0 bridgehead atoms. The molecule has 0 aliphatic rings. The second-order valence-electron chi connectivity index (χ2n) is 6.62. The minimum absolute atomic E-state index is 0.490. The van der Waals surface area contributed by atoms with Crippen LogP contribution in [0.5, 0.6) is 0 Å². The third-order valence-corrected chi connectivity index (χ3v) is 6.18. The number of hydrogen-bond donors (Lipinski definition) is 1. The molecule has 1 unspecified atom stereocenters. The molecule has 2 aromatic carbocycles. The van der Waals surface area contributed by atoms with Crippen molar-refractivity contribution in [2.24, 2.45) is 0 Å². The lowest BCUT2D eigenvalue weighted by molar-refractivity contribution is -0.742. The van der Waals surface area contributed by atoms with Gasteiger partial charge in [-0.25, -0.2) is 4.98 Å². The first-order valence-corrected chi connectivity index (χ1v) is 10.4. The highest BCUT2D eigenvalue weighted by atomic mass is 35.5. The second-order valence-corrected chi connectivity index (χ2v) is 8.37. The van der Waals surface area contributed by atoms with E-state index in [-0.39, 0.29) is 0 Å². The lowest BCUT2D eigenvalue weighted by Crippen LogP contribution is -2.13. The smallest absolute Gasteiger partial charge is 0.291 e. The Balaban J connectivity index is 0.000000687. The van der Waals surface area contributed by atoms with E-state index < -0.39 is 5.09 Å². The first-order valence-electron chi connectivity index (χ1n) is 9.11. The first-order chi connectivity index (χ1) is 13.8. The van der Waals surface area contributed by atoms with Crippen LogP contribution in [0.4, 0.5) is 0 Å². The largest absolute Gasteiger partial charge is 0.336 e. The Hall–Kier alpha value is -2.51. The van der Waals surface area contributed by atoms with Crippen molar-refractivity contribution in [2.45, 2.75) is 43.4 Å². The van der Waals surface area contributed by atoms with Crippen molar-refractivity contribution in [1.82, 2.24) is 9.55 Å². The van der Waals surface area contributed by atoms with Crippen LogP contribution in [0.3, 0.4) is 0 Å². The standard InChI is InChI=1S/C21H23ClN2S.HNO3/c1-16-4-3-5-17(2)21(16)25-20(14-24-13-12-23-15-24)11-8-18-6-9-19(22)10-7-18;2-1(3)4/h3-7,9-10,12-13,15,20H,8,11,14H2,1-2H3;(H,2,3,4). The average Bonchev–Trinajstić information content (AvgIpc) is 3.16. The van der Waals surface area contributed by atoms with Crippen molar-refractivity contribution < 1.29 is 10.3 Å². The molecule has 3 rings (SSSR count). The summed E-state index contributed by atoms with van der Waals surface area (Å²) in [5, 5.41) is 14.9. The van der Waals surface area contributed by atoms with Crippen molar-refractivity contribution in [3.8, 4) is 0 Å². The molecule has 3 aromatic rings. The molecule has 0 spiro atoms. The van der Waals surface area contributed by atoms with Crippen LogP contribution in [0.2, 0.25) is 5.02 Å². The topological polar surface area (TPSA) is 81.2 Å². The molecule has 1 heterocycles. The molecule has 1 atom stereocenters. The lowest BCUT2D eigenvalue weighted by atomic mass is 10.1. The van der Waals surface area contributed by atoms with Gasteiger partial charge in [0.1, 0.15) is 0 Å². The monoisotopic (exact) mass is 433 g/mol. The maximum atomic E-state index is 8.36. The summed E-state index contributed by atoms with van der Waals surface area (Å²) >= 11 is 7.98. The SMILES string of the molecule is Cc1cccc(C)c1SC(CCc1ccc(Cl)cc1)Cn1ccnc1.O=[N+]([O-])O. The molecule has 0 aliphatic carbocycles. The highest BCUT2D eigenvalue weighted by Gasteiger charge is 2.15. The van der Waals surface area contributed by atoms with E-state index in [2.05, 4.69) is 53.7 Å². The minimum Gasteiger partial charge on any atom is -0.336 e. The first kappa shape index (κ1) is 22.8. The predicted octanol–water partition coefficient (Wildman–Crippen LogP) is 5.60. The van der Waals surface area contributed by atoms with Gasteiger partial charge in [0.05, 0.1) is 6.33 Å². The normalized spacial score (nSPS) is 11.4. The van der Waals surface area contributed by atoms with Crippen molar-refractivity contribution in [3.05, 3.63) is 93.0 Å². The van der Waals surface area contributed by atoms with Gasteiger partial charge in [0.2, 0.25) is 0 Å². The number of aryl methyl sites for hydroxylation is 3. The zero-order chi connectivity index (χ0) is 21.2. The van der Waals surface area contributed by atoms with Gasteiger partial charge in [0.25, 0.3) is 5.09 Å². The van der Waals surface area contributed by atoms with Crippen LogP contribution in [-0.4, -0.2) is 25.1 Å². The van der Waals surface area contributed by atoms with Crippen LogP contribution in [-0.2, 0) is 13.0 Å². The van der Waals surface area contributed by atoms with Crippen LogP contribution in [0.1, 0.15) is 23.1 Å². The van der Waals surface area contributed by atoms with Gasteiger partial charge in [-0.1, -0.05) is 41.9 Å². The molecule has 1 N–H and O–H groups in total. The van der Waals surface area contributed by atoms with Crippen molar-refractivity contribution >= 4 is 23.4 Å². The van der Waals surface area contributed by atoms with Crippen LogP contribution < -0.4 is 0 Å². The number of benzene rings is 2. The summed E-state index contributed by atoms with van der Waals surface area (Å²) in [4.78, 5) is 14.0. The van der Waals surface area contributed by atoms with Gasteiger partial charge >= 0.3 is 0 Å². The summed E-state index contributed by atoms with van der Waals surface area (Å²) in [6, 6.07) is 14.7. The molecule has 8 heteroatoms. The molecule has 0 radical (unpaired) electrons. The van der Waals surface area contributed by atoms with E-state index in [9.17, 15) is 0 Å². The maximum absolute atomic E-state index is 8.36. The number of aromatic nitrogens is 2. The third-order valence-electron chi connectivity index (χ3n) is 4.34. The van der Waals surface area contributed by atoms with E-state index in [0.29, 0.717) is 5.25 Å². The average molecular weight is 434 g/mol. The molecule has 0 fully saturated rings. The summed E-state index contributed by atoms with van der Waals surface area (Å²) in [5.41, 5.74) is 4.04. The van der Waals surface area contributed by atoms with E-state index in [0.717, 1.165) is 24.4 Å². The summed E-state index contributed by atoms with van der Waals surface area (Å²) in [5.74, 6) is 0. The van der Waals surface area contributed by atoms with Gasteiger partial charge < -0.3 is 9.77 Å². The van der Waals surface area contributed by atoms with E-state index >= 15 is 0 Å². The fourth-order valence-corrected chi connectivity index (χ4v) is 4.40. The highest BCUT2D eigenvalue weighted by molar-refractivity contribution is 8.00. The molecule has 1 aromatic heterocycles. The van der Waals surface area contributed by atoms with Gasteiger partial charge in [0.15, 0.2) is 0 Å². The van der Waals surface area contributed by atoms with Crippen LogP contribution in [0.15, 0.2) is 66.1 Å². The molecule has 29 heavy (non-hydrogen) atoms. The zero-order valence-corrected chi connectivity index (χ0v) is 17.9. The lowest BCUT2D eigenvalue weighted by Gasteiger charge is -2.20. The number of halogens is 1. The fraction of sp³-hybridized carbons (Fsp3) is 0.286. The number of hydrogen-bond acceptors (Lipinski definition) is 4. The van der Waals surface area contributed by atoms with Gasteiger partial charge in [-0.05, 0) is 55.5 Å². The van der Waals surface area contributed by atoms with Gasteiger partial charge in [-0.15, -0.1) is 21.9 Å². The Morgan fingerprint density at radius 1 is 1.21 bits per heavy atom. The second kappa shape index (κ2) is 11.5. The predicted molar refractivity (Wildman–Crippen MR) is 116 cm³/mol. The minimum atomic E-state index is -1.50. The molecular formula is C21H24ClN3O3S. The number of imidazole rings is 1. The Labute approximate surface area is 179 Å². The molecular weight excluding hydrogens is 410 g/mol. The third kappa shape index (κ3) is 8.17. The van der Waals surface area contributed by atoms with Gasteiger partial charge in [-0.2, -0.15) is 0 Å². The quantitative estimate of drug-likeness (QED) is 0.298. The number of nitrogens with zero attached hydrogens (tertiary/aromatic N) is 3. The molecule has 0 saturated carbocycles. The maximum Gasteiger partial charge on any atom is 0.291 e. The van der Waals surface area contributed by atoms with E-state index in [1.165, 1.54) is 21.6 Å². The Morgan fingerprint density at radius 3 is 2.38 bits per heavy atom. The summed E-state index contributed by atoms with van der Waals surface area (Å²) < 4.78 is 2.17. The van der Waals surface area contributed by atoms with Crippen molar-refractivity contribution in [1.29, 1.82) is 0 Å². The number of thioether (sulfide) groups is 1. The summed E-state index contributed by atoms with van der Waals surface area (Å²) in [7, 11) is 0. The fourth-order valence-electron chi connectivity index (χ4n) is 2.95.